The maximum atomic E-state index is 12.8. The maximum Gasteiger partial charge on any atom is 0.334 e. The number of ether oxygens (including phenoxy) is 3. The van der Waals surface area contributed by atoms with Crippen LogP contribution in [-0.4, -0.2) is 78.3 Å². The monoisotopic (exact) mass is 506 g/mol. The van der Waals surface area contributed by atoms with E-state index in [1.54, 1.807) is 32.6 Å². The van der Waals surface area contributed by atoms with Gasteiger partial charge in [0.05, 0.1) is 11.5 Å². The summed E-state index contributed by atoms with van der Waals surface area (Å²) in [5.74, 6) is -1.85. The third-order valence-corrected chi connectivity index (χ3v) is 5.48. The fourth-order valence-electron chi connectivity index (χ4n) is 3.30. The quantitative estimate of drug-likeness (QED) is 0.110. The van der Waals surface area contributed by atoms with Crippen LogP contribution in [0.5, 0.6) is 0 Å². The van der Waals surface area contributed by atoms with Gasteiger partial charge in [-0.2, -0.15) is 0 Å². The molecule has 1 aliphatic heterocycles. The molecule has 1 aromatic rings. The minimum atomic E-state index is -0.746. The van der Waals surface area contributed by atoms with Crippen LogP contribution in [0.2, 0.25) is 0 Å². The Morgan fingerprint density at radius 3 is 2.25 bits per heavy atom. The molecule has 2 amide bonds. The van der Waals surface area contributed by atoms with Crippen molar-refractivity contribution in [3.63, 3.8) is 0 Å². The predicted molar refractivity (Wildman–Crippen MR) is 128 cm³/mol. The van der Waals surface area contributed by atoms with E-state index >= 15 is 0 Å². The van der Waals surface area contributed by atoms with E-state index in [1.807, 2.05) is 0 Å². The van der Waals surface area contributed by atoms with E-state index in [9.17, 15) is 19.2 Å². The third kappa shape index (κ3) is 8.52. The number of carbonyl (C=O) groups excluding carboxylic acids is 4. The molecule has 1 aliphatic rings. The van der Waals surface area contributed by atoms with Gasteiger partial charge in [0.25, 0.3) is 5.91 Å². The Hall–Kier alpha value is -3.67. The summed E-state index contributed by atoms with van der Waals surface area (Å²) in [5.41, 5.74) is 5.61. The van der Waals surface area contributed by atoms with Crippen LogP contribution in [0.25, 0.3) is 0 Å². The summed E-state index contributed by atoms with van der Waals surface area (Å²) in [5, 5.41) is 14.3. The minimum absolute atomic E-state index is 0.0728. The molecule has 0 bridgehead atoms. The van der Waals surface area contributed by atoms with E-state index in [4.69, 9.17) is 25.2 Å². The van der Waals surface area contributed by atoms with Crippen molar-refractivity contribution in [1.29, 1.82) is 0 Å². The standard InChI is InChI=1S/C24H34N4O8/c1-15(26-21(30)17-7-5-16(6-8-17)20(25)27-33)22(31)28-11-9-18(10-12-28)34-13-19(29)35-14-36-23(32)24(2,3)4/h5-8,15,18,33H,9-14H2,1-4H3,(H2,25,27)(H,26,30)/t15-/m0/s1. The first kappa shape index (κ1) is 28.6. The molecule has 1 aromatic carbocycles. The highest BCUT2D eigenvalue weighted by Crippen LogP contribution is 2.16. The zero-order chi connectivity index (χ0) is 26.9. The van der Waals surface area contributed by atoms with Gasteiger partial charge >= 0.3 is 11.9 Å². The average Bonchev–Trinajstić information content (AvgIpc) is 2.86. The van der Waals surface area contributed by atoms with E-state index in [0.717, 1.165) is 0 Å². The molecule has 1 saturated heterocycles. The van der Waals surface area contributed by atoms with Crippen LogP contribution in [0.3, 0.4) is 0 Å². The number of nitrogens with two attached hydrogens (primary N) is 1. The molecule has 0 aromatic heterocycles. The van der Waals surface area contributed by atoms with E-state index in [1.165, 1.54) is 24.3 Å². The average molecular weight is 507 g/mol. The summed E-state index contributed by atoms with van der Waals surface area (Å²) in [6, 6.07) is 5.36. The van der Waals surface area contributed by atoms with Gasteiger partial charge in [-0.05, 0) is 52.7 Å². The maximum absolute atomic E-state index is 12.8. The van der Waals surface area contributed by atoms with Crippen LogP contribution in [-0.2, 0) is 28.6 Å². The number of amidine groups is 1. The van der Waals surface area contributed by atoms with E-state index in [-0.39, 0.29) is 24.5 Å². The highest BCUT2D eigenvalue weighted by atomic mass is 16.7. The molecule has 2 rings (SSSR count). The van der Waals surface area contributed by atoms with Gasteiger partial charge in [0.15, 0.2) is 5.84 Å². The number of nitrogens with zero attached hydrogens (tertiary/aromatic N) is 2. The van der Waals surface area contributed by atoms with Gasteiger partial charge in [-0.1, -0.05) is 17.3 Å². The van der Waals surface area contributed by atoms with Gasteiger partial charge in [-0.25, -0.2) is 4.79 Å². The van der Waals surface area contributed by atoms with Gasteiger partial charge in [0.2, 0.25) is 12.7 Å². The molecule has 0 spiro atoms. The van der Waals surface area contributed by atoms with Gasteiger partial charge in [-0.3, -0.25) is 14.4 Å². The smallest absolute Gasteiger partial charge is 0.334 e. The number of carbonyl (C=O) groups is 4. The van der Waals surface area contributed by atoms with Crippen LogP contribution in [0.15, 0.2) is 29.4 Å². The van der Waals surface area contributed by atoms with E-state index in [2.05, 4.69) is 10.5 Å². The number of esters is 2. The molecular weight excluding hydrogens is 472 g/mol. The molecule has 0 unspecified atom stereocenters. The van der Waals surface area contributed by atoms with Crippen molar-refractivity contribution in [3.05, 3.63) is 35.4 Å². The number of benzene rings is 1. The summed E-state index contributed by atoms with van der Waals surface area (Å²) in [7, 11) is 0. The minimum Gasteiger partial charge on any atom is -0.427 e. The molecule has 0 aliphatic carbocycles. The number of amides is 2. The summed E-state index contributed by atoms with van der Waals surface area (Å²) >= 11 is 0. The van der Waals surface area contributed by atoms with Crippen molar-refractivity contribution >= 4 is 29.6 Å². The molecule has 0 radical (unpaired) electrons. The largest absolute Gasteiger partial charge is 0.427 e. The van der Waals surface area contributed by atoms with Crippen LogP contribution in [0.4, 0.5) is 0 Å². The van der Waals surface area contributed by atoms with Crippen molar-refractivity contribution in [2.75, 3.05) is 26.5 Å². The zero-order valence-corrected chi connectivity index (χ0v) is 21.0. The van der Waals surface area contributed by atoms with Crippen molar-refractivity contribution in [2.45, 2.75) is 52.7 Å². The van der Waals surface area contributed by atoms with E-state index in [0.29, 0.717) is 37.1 Å². The fraction of sp³-hybridized carbons (Fsp3) is 0.542. The molecule has 12 nitrogen and oxygen atoms in total. The SMILES string of the molecule is C[C@H](NC(=O)c1ccc(/C(N)=N/O)cc1)C(=O)N1CCC(OCC(=O)OCOC(=O)C(C)(C)C)CC1. The summed E-state index contributed by atoms with van der Waals surface area (Å²) in [6.45, 7) is 6.76. The number of rotatable bonds is 9. The van der Waals surface area contributed by atoms with E-state index < -0.39 is 36.1 Å². The zero-order valence-electron chi connectivity index (χ0n) is 21.0. The van der Waals surface area contributed by atoms with Crippen LogP contribution in [0.1, 0.15) is 56.5 Å². The molecule has 198 valence electrons. The lowest BCUT2D eigenvalue weighted by Gasteiger charge is -2.33. The second-order valence-corrected chi connectivity index (χ2v) is 9.41. The predicted octanol–water partition coefficient (Wildman–Crippen LogP) is 0.997. The normalized spacial score (nSPS) is 15.7. The Balaban J connectivity index is 1.71. The number of hydrogen-bond acceptors (Lipinski definition) is 9. The Labute approximate surface area is 209 Å². The van der Waals surface area contributed by atoms with Crippen molar-refractivity contribution in [1.82, 2.24) is 10.2 Å². The second kappa shape index (κ2) is 12.9. The lowest BCUT2D eigenvalue weighted by atomic mass is 9.98. The first-order valence-corrected chi connectivity index (χ1v) is 11.5. The molecule has 36 heavy (non-hydrogen) atoms. The Morgan fingerprint density at radius 1 is 1.11 bits per heavy atom. The molecule has 4 N–H and O–H groups in total. The summed E-state index contributed by atoms with van der Waals surface area (Å²) in [4.78, 5) is 50.3. The lowest BCUT2D eigenvalue weighted by molar-refractivity contribution is -0.177. The third-order valence-electron chi connectivity index (χ3n) is 5.48. The van der Waals surface area contributed by atoms with Crippen LogP contribution < -0.4 is 11.1 Å². The summed E-state index contributed by atoms with van der Waals surface area (Å²) in [6.07, 6.45) is 0.819. The van der Waals surface area contributed by atoms with Gasteiger partial charge < -0.3 is 35.4 Å². The molecule has 1 fully saturated rings. The first-order valence-electron chi connectivity index (χ1n) is 11.5. The molecule has 12 heteroatoms. The van der Waals surface area contributed by atoms with Gasteiger partial charge in [0, 0.05) is 24.2 Å². The Bertz CT molecular complexity index is 963. The fourth-order valence-corrected chi connectivity index (χ4v) is 3.30. The molecule has 0 saturated carbocycles. The molecular formula is C24H34N4O8. The van der Waals surface area contributed by atoms with Crippen LogP contribution >= 0.6 is 0 Å². The highest BCUT2D eigenvalue weighted by Gasteiger charge is 2.28. The molecule has 1 heterocycles. The lowest BCUT2D eigenvalue weighted by Crippen LogP contribution is -2.50. The topological polar surface area (TPSA) is 170 Å². The number of piperidine rings is 1. The highest BCUT2D eigenvalue weighted by molar-refractivity contribution is 6.00. The Kier molecular flexibility index (Phi) is 10.2. The van der Waals surface area contributed by atoms with Gasteiger partial charge in [-0.15, -0.1) is 0 Å². The van der Waals surface area contributed by atoms with Crippen molar-refractivity contribution in [2.24, 2.45) is 16.3 Å². The number of oxime groups is 1. The van der Waals surface area contributed by atoms with Gasteiger partial charge in [0.1, 0.15) is 12.6 Å². The number of likely N-dealkylation sites (tertiary alicyclic amines) is 1. The number of nitrogens with one attached hydrogen (secondary N) is 1. The van der Waals surface area contributed by atoms with Crippen molar-refractivity contribution < 1.29 is 38.6 Å². The number of hydrogen-bond donors (Lipinski definition) is 3. The second-order valence-electron chi connectivity index (χ2n) is 9.41. The van der Waals surface area contributed by atoms with Crippen molar-refractivity contribution in [3.8, 4) is 0 Å². The Morgan fingerprint density at radius 2 is 1.69 bits per heavy atom. The molecule has 1 atom stereocenters. The first-order chi connectivity index (χ1) is 16.9. The van der Waals surface area contributed by atoms with Crippen LogP contribution in [0, 0.1) is 5.41 Å². The summed E-state index contributed by atoms with van der Waals surface area (Å²) < 4.78 is 15.3.